The fourth-order valence-corrected chi connectivity index (χ4v) is 2.87. The van der Waals surface area contributed by atoms with Crippen LogP contribution in [0.3, 0.4) is 0 Å². The maximum atomic E-state index is 12.2. The van der Waals surface area contributed by atoms with Gasteiger partial charge in [-0.15, -0.1) is 0 Å². The second kappa shape index (κ2) is 8.06. The number of ether oxygens (including phenoxy) is 2. The zero-order valence-corrected chi connectivity index (χ0v) is 13.9. The largest absolute Gasteiger partial charge is 0.497 e. The molecule has 1 aliphatic rings. The first-order valence-electron chi connectivity index (χ1n) is 8.29. The average molecular weight is 305 g/mol. The predicted octanol–water partition coefficient (Wildman–Crippen LogP) is 3.33. The molecule has 1 heterocycles. The van der Waals surface area contributed by atoms with E-state index in [9.17, 15) is 4.79 Å². The van der Waals surface area contributed by atoms with Crippen molar-refractivity contribution in [3.8, 4) is 11.5 Å². The molecular weight excluding hydrogens is 278 g/mol. The molecule has 2 atom stereocenters. The number of hydrogen-bond acceptors (Lipinski definition) is 3. The summed E-state index contributed by atoms with van der Waals surface area (Å²) in [6.45, 7) is 4.80. The van der Waals surface area contributed by atoms with Gasteiger partial charge in [-0.2, -0.15) is 0 Å². The fourth-order valence-electron chi connectivity index (χ4n) is 2.87. The van der Waals surface area contributed by atoms with E-state index in [1.54, 1.807) is 7.11 Å². The second-order valence-electron chi connectivity index (χ2n) is 5.91. The van der Waals surface area contributed by atoms with Gasteiger partial charge < -0.3 is 14.8 Å². The number of hydrogen-bond donors (Lipinski definition) is 1. The molecule has 22 heavy (non-hydrogen) atoms. The average Bonchev–Trinajstić information content (AvgIpc) is 2.95. The Morgan fingerprint density at radius 2 is 2.27 bits per heavy atom. The van der Waals surface area contributed by atoms with Crippen LogP contribution in [0.15, 0.2) is 18.2 Å². The van der Waals surface area contributed by atoms with Gasteiger partial charge in [-0.3, -0.25) is 4.79 Å². The third-order valence-corrected chi connectivity index (χ3v) is 4.28. The molecule has 1 N–H and O–H groups in total. The van der Waals surface area contributed by atoms with Gasteiger partial charge in [-0.25, -0.2) is 0 Å². The van der Waals surface area contributed by atoms with Crippen molar-refractivity contribution in [2.24, 2.45) is 5.92 Å². The van der Waals surface area contributed by atoms with Gasteiger partial charge in [0.25, 0.3) is 0 Å². The summed E-state index contributed by atoms with van der Waals surface area (Å²) in [6.07, 6.45) is 4.95. The van der Waals surface area contributed by atoms with Gasteiger partial charge >= 0.3 is 0 Å². The highest BCUT2D eigenvalue weighted by molar-refractivity contribution is 5.78. The van der Waals surface area contributed by atoms with E-state index >= 15 is 0 Å². The Morgan fingerprint density at radius 1 is 1.45 bits per heavy atom. The summed E-state index contributed by atoms with van der Waals surface area (Å²) >= 11 is 0. The van der Waals surface area contributed by atoms with Gasteiger partial charge in [-0.05, 0) is 31.0 Å². The SMILES string of the molecule is CCCCC(CC)C(=O)NCC1Cc2cc(OC)ccc2O1. The van der Waals surface area contributed by atoms with E-state index in [0.717, 1.165) is 49.2 Å². The van der Waals surface area contributed by atoms with Crippen LogP contribution in [0.1, 0.15) is 45.1 Å². The van der Waals surface area contributed by atoms with E-state index in [4.69, 9.17) is 9.47 Å². The lowest BCUT2D eigenvalue weighted by atomic mass is 9.98. The van der Waals surface area contributed by atoms with Crippen LogP contribution in [0.4, 0.5) is 0 Å². The van der Waals surface area contributed by atoms with Crippen LogP contribution in [0, 0.1) is 5.92 Å². The van der Waals surface area contributed by atoms with E-state index in [1.165, 1.54) is 0 Å². The van der Waals surface area contributed by atoms with Crippen LogP contribution in [-0.4, -0.2) is 25.7 Å². The molecule has 0 radical (unpaired) electrons. The smallest absolute Gasteiger partial charge is 0.223 e. The monoisotopic (exact) mass is 305 g/mol. The lowest BCUT2D eigenvalue weighted by Crippen LogP contribution is -2.37. The molecule has 0 aliphatic carbocycles. The number of unbranched alkanes of at least 4 members (excludes halogenated alkanes) is 1. The first-order valence-corrected chi connectivity index (χ1v) is 8.29. The molecule has 1 amide bonds. The molecule has 2 rings (SSSR count). The normalized spacial score (nSPS) is 17.5. The van der Waals surface area contributed by atoms with Crippen LogP contribution < -0.4 is 14.8 Å². The molecule has 0 aromatic heterocycles. The van der Waals surface area contributed by atoms with Crippen molar-refractivity contribution in [1.82, 2.24) is 5.32 Å². The minimum absolute atomic E-state index is 0.0229. The number of nitrogens with one attached hydrogen (secondary N) is 1. The van der Waals surface area contributed by atoms with Crippen molar-refractivity contribution in [3.05, 3.63) is 23.8 Å². The molecule has 0 bridgehead atoms. The summed E-state index contributed by atoms with van der Waals surface area (Å²) in [4.78, 5) is 12.2. The Kier molecular flexibility index (Phi) is 6.10. The molecule has 1 aliphatic heterocycles. The zero-order valence-electron chi connectivity index (χ0n) is 13.9. The number of methoxy groups -OCH3 is 1. The minimum atomic E-state index is 0.0229. The number of rotatable bonds is 8. The summed E-state index contributed by atoms with van der Waals surface area (Å²) in [7, 11) is 1.66. The number of amides is 1. The van der Waals surface area contributed by atoms with Gasteiger partial charge in [0.1, 0.15) is 17.6 Å². The highest BCUT2D eigenvalue weighted by Gasteiger charge is 2.25. The Balaban J connectivity index is 1.82. The van der Waals surface area contributed by atoms with Crippen molar-refractivity contribution in [1.29, 1.82) is 0 Å². The summed E-state index contributed by atoms with van der Waals surface area (Å²) in [5, 5.41) is 3.05. The number of fused-ring (bicyclic) bond motifs is 1. The first-order chi connectivity index (χ1) is 10.7. The molecule has 4 nitrogen and oxygen atoms in total. The summed E-state index contributed by atoms with van der Waals surface area (Å²) < 4.78 is 11.1. The van der Waals surface area contributed by atoms with E-state index in [2.05, 4.69) is 19.2 Å². The maximum Gasteiger partial charge on any atom is 0.223 e. The lowest BCUT2D eigenvalue weighted by molar-refractivity contribution is -0.125. The summed E-state index contributed by atoms with van der Waals surface area (Å²) in [6, 6.07) is 5.84. The topological polar surface area (TPSA) is 47.6 Å². The molecule has 4 heteroatoms. The summed E-state index contributed by atoms with van der Waals surface area (Å²) in [5.41, 5.74) is 1.15. The quantitative estimate of drug-likeness (QED) is 0.801. The van der Waals surface area contributed by atoms with Crippen molar-refractivity contribution < 1.29 is 14.3 Å². The van der Waals surface area contributed by atoms with Gasteiger partial charge in [0, 0.05) is 17.9 Å². The highest BCUT2D eigenvalue weighted by Crippen LogP contribution is 2.31. The molecule has 0 fully saturated rings. The molecule has 0 saturated heterocycles. The minimum Gasteiger partial charge on any atom is -0.497 e. The molecule has 2 unspecified atom stereocenters. The van der Waals surface area contributed by atoms with Crippen LogP contribution in [0.25, 0.3) is 0 Å². The number of carbonyl (C=O) groups excluding carboxylic acids is 1. The maximum absolute atomic E-state index is 12.2. The van der Waals surface area contributed by atoms with E-state index < -0.39 is 0 Å². The molecule has 1 aromatic carbocycles. The lowest BCUT2D eigenvalue weighted by Gasteiger charge is -2.17. The molecule has 122 valence electrons. The Bertz CT molecular complexity index is 501. The standard InChI is InChI=1S/C18H27NO3/c1-4-6-7-13(5-2)18(20)19-12-16-11-14-10-15(21-3)8-9-17(14)22-16/h8-10,13,16H,4-7,11-12H2,1-3H3,(H,19,20). The van der Waals surface area contributed by atoms with Crippen molar-refractivity contribution in [2.45, 2.75) is 52.1 Å². The van der Waals surface area contributed by atoms with Crippen LogP contribution in [-0.2, 0) is 11.2 Å². The van der Waals surface area contributed by atoms with E-state index in [1.807, 2.05) is 18.2 Å². The van der Waals surface area contributed by atoms with Gasteiger partial charge in [-0.1, -0.05) is 26.7 Å². The second-order valence-corrected chi connectivity index (χ2v) is 5.91. The highest BCUT2D eigenvalue weighted by atomic mass is 16.5. The first kappa shape index (κ1) is 16.7. The third-order valence-electron chi connectivity index (χ3n) is 4.28. The van der Waals surface area contributed by atoms with E-state index in [-0.39, 0.29) is 17.9 Å². The van der Waals surface area contributed by atoms with Crippen molar-refractivity contribution in [2.75, 3.05) is 13.7 Å². The van der Waals surface area contributed by atoms with Crippen molar-refractivity contribution in [3.63, 3.8) is 0 Å². The Labute approximate surface area is 133 Å². The van der Waals surface area contributed by atoms with Crippen LogP contribution in [0.5, 0.6) is 11.5 Å². The Morgan fingerprint density at radius 3 is 2.95 bits per heavy atom. The molecular formula is C18H27NO3. The number of carbonyl (C=O) groups is 1. The third kappa shape index (κ3) is 4.15. The van der Waals surface area contributed by atoms with Crippen molar-refractivity contribution >= 4 is 5.91 Å². The van der Waals surface area contributed by atoms with E-state index in [0.29, 0.717) is 6.54 Å². The zero-order chi connectivity index (χ0) is 15.9. The predicted molar refractivity (Wildman–Crippen MR) is 87.4 cm³/mol. The van der Waals surface area contributed by atoms with Crippen LogP contribution >= 0.6 is 0 Å². The molecule has 0 spiro atoms. The molecule has 1 aromatic rings. The van der Waals surface area contributed by atoms with Crippen LogP contribution in [0.2, 0.25) is 0 Å². The molecule has 0 saturated carbocycles. The Hall–Kier alpha value is -1.71. The van der Waals surface area contributed by atoms with Gasteiger partial charge in [0.05, 0.1) is 13.7 Å². The van der Waals surface area contributed by atoms with Gasteiger partial charge in [0.2, 0.25) is 5.91 Å². The fraction of sp³-hybridized carbons (Fsp3) is 0.611. The number of benzene rings is 1. The summed E-state index contributed by atoms with van der Waals surface area (Å²) in [5.74, 6) is 2.03. The van der Waals surface area contributed by atoms with Gasteiger partial charge in [0.15, 0.2) is 0 Å².